The van der Waals surface area contributed by atoms with Gasteiger partial charge in [-0.15, -0.1) is 0 Å². The van der Waals surface area contributed by atoms with E-state index in [2.05, 4.69) is 30.7 Å². The van der Waals surface area contributed by atoms with Gasteiger partial charge in [0, 0.05) is 30.6 Å². The Morgan fingerprint density at radius 1 is 0.523 bits per heavy atom. The molecule has 0 spiro atoms. The first-order valence-corrected chi connectivity index (χ1v) is 29.2. The standard InChI is InChI=1S/C53H100N2O8S2/c1-6-8-10-12-14-16-18-20-22-24-26-28-43-64-45-47(3)52(58)62-41-39-60-50(56)33-37-55(36-32-49-31-30-35-54(49)5)38-34-51(57)61-40-42-63-53(59)48(4)46-65-44-29-27-25-23-21-19-17-15-13-11-9-7-2/h47-49H,6-46H2,1-5H3. The Bertz CT molecular complexity index is 1080. The van der Waals surface area contributed by atoms with Gasteiger partial charge >= 0.3 is 23.9 Å². The van der Waals surface area contributed by atoms with Crippen molar-refractivity contribution in [3.63, 3.8) is 0 Å². The highest BCUT2D eigenvalue weighted by atomic mass is 32.2. The van der Waals surface area contributed by atoms with Gasteiger partial charge in [-0.05, 0) is 63.7 Å². The predicted octanol–water partition coefficient (Wildman–Crippen LogP) is 12.9. The fourth-order valence-electron chi connectivity index (χ4n) is 8.28. The van der Waals surface area contributed by atoms with Gasteiger partial charge in [-0.3, -0.25) is 19.2 Å². The maximum absolute atomic E-state index is 12.7. The van der Waals surface area contributed by atoms with Gasteiger partial charge < -0.3 is 28.7 Å². The molecule has 3 atom stereocenters. The summed E-state index contributed by atoms with van der Waals surface area (Å²) in [5, 5.41) is 0. The van der Waals surface area contributed by atoms with Crippen molar-refractivity contribution in [2.24, 2.45) is 11.8 Å². The van der Waals surface area contributed by atoms with Gasteiger partial charge in [0.1, 0.15) is 26.4 Å². The summed E-state index contributed by atoms with van der Waals surface area (Å²) < 4.78 is 21.6. The first-order valence-electron chi connectivity index (χ1n) is 26.9. The van der Waals surface area contributed by atoms with Crippen LogP contribution in [0.5, 0.6) is 0 Å². The van der Waals surface area contributed by atoms with Gasteiger partial charge in [0.15, 0.2) is 0 Å². The van der Waals surface area contributed by atoms with Crippen LogP contribution in [0.15, 0.2) is 0 Å². The number of carbonyl (C=O) groups excluding carboxylic acids is 4. The van der Waals surface area contributed by atoms with Crippen molar-refractivity contribution < 1.29 is 38.1 Å². The van der Waals surface area contributed by atoms with Crippen LogP contribution in [-0.4, -0.2) is 122 Å². The van der Waals surface area contributed by atoms with E-state index in [1.807, 2.05) is 37.4 Å². The van der Waals surface area contributed by atoms with Crippen molar-refractivity contribution in [1.82, 2.24) is 9.80 Å². The van der Waals surface area contributed by atoms with Crippen LogP contribution in [0, 0.1) is 11.8 Å². The van der Waals surface area contributed by atoms with Crippen LogP contribution < -0.4 is 0 Å². The lowest BCUT2D eigenvalue weighted by molar-refractivity contribution is -0.154. The minimum atomic E-state index is -0.351. The van der Waals surface area contributed by atoms with Crippen molar-refractivity contribution in [3.05, 3.63) is 0 Å². The molecule has 10 nitrogen and oxygen atoms in total. The topological polar surface area (TPSA) is 112 Å². The van der Waals surface area contributed by atoms with Crippen LogP contribution in [0.4, 0.5) is 0 Å². The quantitative estimate of drug-likeness (QED) is 0.0329. The number of nitrogens with zero attached hydrogens (tertiary/aromatic N) is 2. The number of likely N-dealkylation sites (tertiary alicyclic amines) is 1. The normalized spacial score (nSPS) is 15.0. The van der Waals surface area contributed by atoms with Crippen molar-refractivity contribution in [3.8, 4) is 0 Å². The second kappa shape index (κ2) is 45.0. The highest BCUT2D eigenvalue weighted by Crippen LogP contribution is 2.20. The molecule has 0 aliphatic carbocycles. The minimum absolute atomic E-state index is 0.0319. The molecular formula is C53H100N2O8S2. The molecule has 0 bridgehead atoms. The Morgan fingerprint density at radius 2 is 0.877 bits per heavy atom. The largest absolute Gasteiger partial charge is 0.462 e. The minimum Gasteiger partial charge on any atom is -0.462 e. The Balaban J connectivity index is 2.17. The van der Waals surface area contributed by atoms with E-state index in [0.717, 1.165) is 48.9 Å². The number of esters is 4. The van der Waals surface area contributed by atoms with Gasteiger partial charge in [0.25, 0.3) is 0 Å². The summed E-state index contributed by atoms with van der Waals surface area (Å²) in [6, 6.07) is 0.492. The van der Waals surface area contributed by atoms with E-state index in [0.29, 0.717) is 19.1 Å². The zero-order valence-electron chi connectivity index (χ0n) is 42.7. The van der Waals surface area contributed by atoms with Crippen LogP contribution in [0.2, 0.25) is 0 Å². The molecule has 0 aromatic heterocycles. The first kappa shape index (κ1) is 61.5. The third-order valence-corrected chi connectivity index (χ3v) is 15.3. The lowest BCUT2D eigenvalue weighted by atomic mass is 10.1. The number of thioether (sulfide) groups is 2. The Labute approximate surface area is 408 Å². The lowest BCUT2D eigenvalue weighted by Crippen LogP contribution is -2.35. The molecular weight excluding hydrogens is 857 g/mol. The second-order valence-corrected chi connectivity index (χ2v) is 21.2. The fourth-order valence-corrected chi connectivity index (χ4v) is 10.4. The predicted molar refractivity (Wildman–Crippen MR) is 275 cm³/mol. The van der Waals surface area contributed by atoms with E-state index in [1.54, 1.807) is 0 Å². The Morgan fingerprint density at radius 3 is 1.23 bits per heavy atom. The maximum atomic E-state index is 12.7. The van der Waals surface area contributed by atoms with Crippen molar-refractivity contribution in [2.45, 2.75) is 220 Å². The third kappa shape index (κ3) is 38.1. The van der Waals surface area contributed by atoms with Gasteiger partial charge in [-0.25, -0.2) is 0 Å². The summed E-state index contributed by atoms with van der Waals surface area (Å²) in [5.74, 6) is 2.02. The monoisotopic (exact) mass is 957 g/mol. The lowest BCUT2D eigenvalue weighted by Gasteiger charge is -2.26. The SMILES string of the molecule is CCCCCCCCCCCCCCSCC(C)C(=O)OCCOC(=O)CCN(CCC(=O)OCCOC(=O)C(C)CSCCCCCCCCCCCCCC)CCC1CCCN1C. The average molecular weight is 958 g/mol. The van der Waals surface area contributed by atoms with Crippen molar-refractivity contribution in [1.29, 1.82) is 0 Å². The number of hydrogen-bond acceptors (Lipinski definition) is 12. The van der Waals surface area contributed by atoms with E-state index in [1.165, 1.54) is 161 Å². The van der Waals surface area contributed by atoms with Gasteiger partial charge in [0.05, 0.1) is 24.7 Å². The summed E-state index contributed by atoms with van der Waals surface area (Å²) in [5.41, 5.74) is 0. The molecule has 0 radical (unpaired) electrons. The summed E-state index contributed by atoms with van der Waals surface area (Å²) in [7, 11) is 2.15. The number of rotatable bonds is 47. The van der Waals surface area contributed by atoms with Crippen LogP contribution >= 0.6 is 23.5 Å². The zero-order valence-corrected chi connectivity index (χ0v) is 44.3. The fraction of sp³-hybridized carbons (Fsp3) is 0.925. The van der Waals surface area contributed by atoms with Crippen LogP contribution in [0.1, 0.15) is 214 Å². The molecule has 0 amide bonds. The molecule has 65 heavy (non-hydrogen) atoms. The van der Waals surface area contributed by atoms with E-state index in [9.17, 15) is 19.2 Å². The first-order chi connectivity index (χ1) is 31.7. The molecule has 1 heterocycles. The smallest absolute Gasteiger partial charge is 0.309 e. The molecule has 3 unspecified atom stereocenters. The van der Waals surface area contributed by atoms with E-state index >= 15 is 0 Å². The van der Waals surface area contributed by atoms with Gasteiger partial charge in [0.2, 0.25) is 0 Å². The van der Waals surface area contributed by atoms with Crippen LogP contribution in [-0.2, 0) is 38.1 Å². The summed E-state index contributed by atoms with van der Waals surface area (Å²) in [4.78, 5) is 54.8. The molecule has 0 N–H and O–H groups in total. The van der Waals surface area contributed by atoms with E-state index in [4.69, 9.17) is 18.9 Å². The molecule has 0 aromatic carbocycles. The zero-order chi connectivity index (χ0) is 47.4. The molecule has 0 saturated carbocycles. The highest BCUT2D eigenvalue weighted by Gasteiger charge is 2.22. The van der Waals surface area contributed by atoms with Gasteiger partial charge in [-0.2, -0.15) is 23.5 Å². The molecule has 12 heteroatoms. The van der Waals surface area contributed by atoms with Crippen LogP contribution in [0.3, 0.4) is 0 Å². The molecule has 1 saturated heterocycles. The Hall–Kier alpha value is -1.50. The van der Waals surface area contributed by atoms with Crippen LogP contribution in [0.25, 0.3) is 0 Å². The Kier molecular flexibility index (Phi) is 42.6. The maximum Gasteiger partial charge on any atom is 0.309 e. The highest BCUT2D eigenvalue weighted by molar-refractivity contribution is 7.99. The summed E-state index contributed by atoms with van der Waals surface area (Å²) in [6.45, 7) is 11.3. The molecule has 1 fully saturated rings. The average Bonchev–Trinajstić information content (AvgIpc) is 3.72. The summed E-state index contributed by atoms with van der Waals surface area (Å²) >= 11 is 3.63. The van der Waals surface area contributed by atoms with E-state index < -0.39 is 0 Å². The van der Waals surface area contributed by atoms with Crippen molar-refractivity contribution >= 4 is 47.4 Å². The number of carbonyl (C=O) groups is 4. The molecule has 1 aliphatic heterocycles. The number of unbranched alkanes of at least 4 members (excludes halogenated alkanes) is 22. The summed E-state index contributed by atoms with van der Waals surface area (Å²) in [6.07, 6.45) is 35.8. The second-order valence-electron chi connectivity index (χ2n) is 18.9. The third-order valence-electron chi connectivity index (χ3n) is 12.7. The number of hydrogen-bond donors (Lipinski definition) is 0. The van der Waals surface area contributed by atoms with Crippen molar-refractivity contribution in [2.75, 3.05) is 82.7 Å². The molecule has 1 rings (SSSR count). The van der Waals surface area contributed by atoms with E-state index in [-0.39, 0.29) is 75.0 Å². The molecule has 1 aliphatic rings. The van der Waals surface area contributed by atoms with Gasteiger partial charge in [-0.1, -0.05) is 169 Å². The molecule has 0 aromatic rings. The number of ether oxygens (including phenoxy) is 4. The molecule has 382 valence electrons.